The van der Waals surface area contributed by atoms with E-state index in [9.17, 15) is 4.79 Å². The molecule has 0 saturated carbocycles. The van der Waals surface area contributed by atoms with Gasteiger partial charge in [-0.05, 0) is 30.7 Å². The molecule has 1 aromatic carbocycles. The first-order valence-corrected chi connectivity index (χ1v) is 6.80. The Morgan fingerprint density at radius 2 is 2.05 bits per heavy atom. The minimum atomic E-state index is -0.0476. The Hall–Kier alpha value is -2.20. The third kappa shape index (κ3) is 2.42. The number of nitrogens with one attached hydrogen (secondary N) is 1. The molecule has 0 spiro atoms. The van der Waals surface area contributed by atoms with Gasteiger partial charge in [0.15, 0.2) is 0 Å². The van der Waals surface area contributed by atoms with Gasteiger partial charge in [-0.3, -0.25) is 9.78 Å². The Morgan fingerprint density at radius 1 is 1.25 bits per heavy atom. The predicted octanol–water partition coefficient (Wildman–Crippen LogP) is 2.22. The molecule has 0 aliphatic carbocycles. The van der Waals surface area contributed by atoms with E-state index in [4.69, 9.17) is 0 Å². The number of fused-ring (bicyclic) bond motifs is 1. The minimum Gasteiger partial charge on any atom is -0.308 e. The fourth-order valence-corrected chi connectivity index (χ4v) is 2.46. The molecular weight excluding hydrogens is 250 g/mol. The molecule has 1 amide bonds. The van der Waals surface area contributed by atoms with Gasteiger partial charge in [0, 0.05) is 31.0 Å². The summed E-state index contributed by atoms with van der Waals surface area (Å²) in [4.78, 5) is 18.7. The second kappa shape index (κ2) is 5.43. The number of aromatic nitrogens is 1. The van der Waals surface area contributed by atoms with Crippen LogP contribution in [0.15, 0.2) is 48.7 Å². The van der Waals surface area contributed by atoms with E-state index in [2.05, 4.69) is 23.3 Å². The number of amides is 1. The zero-order valence-electron chi connectivity index (χ0n) is 11.4. The highest BCUT2D eigenvalue weighted by Crippen LogP contribution is 2.24. The van der Waals surface area contributed by atoms with E-state index >= 15 is 0 Å². The second-order valence-electron chi connectivity index (χ2n) is 5.04. The number of benzene rings is 1. The van der Waals surface area contributed by atoms with Crippen molar-refractivity contribution in [2.45, 2.75) is 19.5 Å². The highest BCUT2D eigenvalue weighted by atomic mass is 16.2. The molecule has 4 heteroatoms. The van der Waals surface area contributed by atoms with Gasteiger partial charge >= 0.3 is 0 Å². The van der Waals surface area contributed by atoms with Gasteiger partial charge in [-0.1, -0.05) is 24.3 Å². The monoisotopic (exact) mass is 267 g/mol. The Bertz CT molecular complexity index is 612. The Labute approximate surface area is 118 Å². The normalized spacial score (nSPS) is 18.2. The number of nitrogens with zero attached hydrogens (tertiary/aromatic N) is 2. The van der Waals surface area contributed by atoms with Crippen LogP contribution in [0, 0.1) is 0 Å². The number of para-hydroxylation sites is 1. The van der Waals surface area contributed by atoms with Crippen molar-refractivity contribution in [1.82, 2.24) is 10.3 Å². The largest absolute Gasteiger partial charge is 0.308 e. The fraction of sp³-hybridized carbons (Fsp3) is 0.250. The highest BCUT2D eigenvalue weighted by Gasteiger charge is 2.25. The summed E-state index contributed by atoms with van der Waals surface area (Å²) in [6.45, 7) is 3.51. The third-order valence-corrected chi connectivity index (χ3v) is 3.51. The molecule has 1 aliphatic heterocycles. The van der Waals surface area contributed by atoms with Crippen molar-refractivity contribution in [3.63, 3.8) is 0 Å². The molecule has 1 aliphatic rings. The summed E-state index contributed by atoms with van der Waals surface area (Å²) in [5.41, 5.74) is 2.59. The summed E-state index contributed by atoms with van der Waals surface area (Å²) in [5, 5.41) is 3.42. The van der Waals surface area contributed by atoms with Gasteiger partial charge in [-0.15, -0.1) is 0 Å². The molecule has 2 aromatic rings. The van der Waals surface area contributed by atoms with Crippen molar-refractivity contribution in [2.75, 3.05) is 11.4 Å². The molecule has 0 bridgehead atoms. The maximum absolute atomic E-state index is 12.7. The first kappa shape index (κ1) is 12.8. The lowest BCUT2D eigenvalue weighted by molar-refractivity contribution is 0.0980. The number of rotatable bonds is 1. The second-order valence-corrected chi connectivity index (χ2v) is 5.04. The van der Waals surface area contributed by atoms with Gasteiger partial charge in [-0.2, -0.15) is 0 Å². The summed E-state index contributed by atoms with van der Waals surface area (Å²) in [7, 11) is 0. The van der Waals surface area contributed by atoms with Crippen LogP contribution in [0.4, 0.5) is 5.69 Å². The topological polar surface area (TPSA) is 45.2 Å². The summed E-state index contributed by atoms with van der Waals surface area (Å²) in [5.74, 6) is -0.0476. The van der Waals surface area contributed by atoms with Gasteiger partial charge in [-0.25, -0.2) is 0 Å². The smallest absolute Gasteiger partial charge is 0.276 e. The average molecular weight is 267 g/mol. The van der Waals surface area contributed by atoms with Crippen molar-refractivity contribution in [1.29, 1.82) is 0 Å². The molecule has 3 rings (SSSR count). The molecular formula is C16H17N3O. The first-order valence-electron chi connectivity index (χ1n) is 6.80. The summed E-state index contributed by atoms with van der Waals surface area (Å²) >= 11 is 0. The fourth-order valence-electron chi connectivity index (χ4n) is 2.46. The van der Waals surface area contributed by atoms with E-state index in [1.54, 1.807) is 12.3 Å². The van der Waals surface area contributed by atoms with Crippen molar-refractivity contribution in [2.24, 2.45) is 0 Å². The average Bonchev–Trinajstić information content (AvgIpc) is 2.67. The van der Waals surface area contributed by atoms with Crippen LogP contribution in [-0.2, 0) is 6.54 Å². The number of hydrogen-bond acceptors (Lipinski definition) is 3. The molecule has 1 unspecified atom stereocenters. The van der Waals surface area contributed by atoms with Crippen LogP contribution in [-0.4, -0.2) is 23.5 Å². The van der Waals surface area contributed by atoms with Gasteiger partial charge in [0.05, 0.1) is 0 Å². The lowest BCUT2D eigenvalue weighted by Gasteiger charge is -2.24. The Balaban J connectivity index is 2.01. The number of anilines is 1. The molecule has 2 heterocycles. The molecule has 4 nitrogen and oxygen atoms in total. The van der Waals surface area contributed by atoms with Crippen LogP contribution in [0.3, 0.4) is 0 Å². The van der Waals surface area contributed by atoms with Crippen LogP contribution in [0.5, 0.6) is 0 Å². The van der Waals surface area contributed by atoms with Gasteiger partial charge in [0.25, 0.3) is 5.91 Å². The molecule has 0 radical (unpaired) electrons. The molecule has 1 aromatic heterocycles. The van der Waals surface area contributed by atoms with E-state index in [1.807, 2.05) is 35.2 Å². The highest BCUT2D eigenvalue weighted by molar-refractivity contribution is 6.05. The predicted molar refractivity (Wildman–Crippen MR) is 78.7 cm³/mol. The quantitative estimate of drug-likeness (QED) is 0.861. The van der Waals surface area contributed by atoms with Gasteiger partial charge < -0.3 is 10.2 Å². The van der Waals surface area contributed by atoms with Crippen molar-refractivity contribution in [3.8, 4) is 0 Å². The van der Waals surface area contributed by atoms with Crippen LogP contribution >= 0.6 is 0 Å². The van der Waals surface area contributed by atoms with E-state index in [0.717, 1.165) is 17.8 Å². The maximum Gasteiger partial charge on any atom is 0.276 e. The molecule has 1 atom stereocenters. The number of hydrogen-bond donors (Lipinski definition) is 1. The van der Waals surface area contributed by atoms with Crippen LogP contribution < -0.4 is 10.2 Å². The van der Waals surface area contributed by atoms with E-state index in [-0.39, 0.29) is 11.9 Å². The lowest BCUT2D eigenvalue weighted by atomic mass is 10.1. The standard InChI is InChI=1S/C16H17N3O/c1-12-11-19(16(20)14-7-4-5-9-17-14)15-8-3-2-6-13(15)10-18-12/h2-9,12,18H,10-11H2,1H3. The summed E-state index contributed by atoms with van der Waals surface area (Å²) < 4.78 is 0. The van der Waals surface area contributed by atoms with Crippen LogP contribution in [0.2, 0.25) is 0 Å². The van der Waals surface area contributed by atoms with E-state index in [0.29, 0.717) is 12.2 Å². The molecule has 102 valence electrons. The first-order chi connectivity index (χ1) is 9.75. The Morgan fingerprint density at radius 3 is 2.85 bits per heavy atom. The molecule has 20 heavy (non-hydrogen) atoms. The van der Waals surface area contributed by atoms with E-state index in [1.165, 1.54) is 0 Å². The summed E-state index contributed by atoms with van der Waals surface area (Å²) in [6.07, 6.45) is 1.65. The van der Waals surface area contributed by atoms with Crippen LogP contribution in [0.1, 0.15) is 23.0 Å². The molecule has 1 N–H and O–H groups in total. The summed E-state index contributed by atoms with van der Waals surface area (Å²) in [6, 6.07) is 13.7. The van der Waals surface area contributed by atoms with Crippen molar-refractivity contribution >= 4 is 11.6 Å². The SMILES string of the molecule is CC1CN(C(=O)c2ccccn2)c2ccccc2CN1. The molecule has 0 saturated heterocycles. The zero-order chi connectivity index (χ0) is 13.9. The minimum absolute atomic E-state index is 0.0476. The zero-order valence-corrected chi connectivity index (χ0v) is 11.4. The lowest BCUT2D eigenvalue weighted by Crippen LogP contribution is -2.40. The van der Waals surface area contributed by atoms with Crippen molar-refractivity contribution < 1.29 is 4.79 Å². The number of pyridine rings is 1. The number of carbonyl (C=O) groups is 1. The van der Waals surface area contributed by atoms with Gasteiger partial charge in [0.2, 0.25) is 0 Å². The Kier molecular flexibility index (Phi) is 3.48. The molecule has 0 fully saturated rings. The third-order valence-electron chi connectivity index (χ3n) is 3.51. The number of carbonyl (C=O) groups excluding carboxylic acids is 1. The van der Waals surface area contributed by atoms with E-state index < -0.39 is 0 Å². The van der Waals surface area contributed by atoms with Crippen LogP contribution in [0.25, 0.3) is 0 Å². The van der Waals surface area contributed by atoms with Crippen molar-refractivity contribution in [3.05, 3.63) is 59.9 Å². The maximum atomic E-state index is 12.7. The van der Waals surface area contributed by atoms with Gasteiger partial charge in [0.1, 0.15) is 5.69 Å².